The second-order valence-electron chi connectivity index (χ2n) is 4.29. The van der Waals surface area contributed by atoms with Gasteiger partial charge in [0.2, 0.25) is 0 Å². The van der Waals surface area contributed by atoms with Gasteiger partial charge in [-0.1, -0.05) is 0 Å². The van der Waals surface area contributed by atoms with Crippen molar-refractivity contribution in [2.45, 2.75) is 6.92 Å². The number of anilines is 1. The summed E-state index contributed by atoms with van der Waals surface area (Å²) in [7, 11) is 1.64. The quantitative estimate of drug-likeness (QED) is 0.855. The molecular weight excluding hydrogens is 260 g/mol. The highest BCUT2D eigenvalue weighted by atomic mass is 32.1. The number of hydrogen-bond donors (Lipinski definition) is 1. The van der Waals surface area contributed by atoms with Crippen molar-refractivity contribution < 1.29 is 9.53 Å². The summed E-state index contributed by atoms with van der Waals surface area (Å²) in [5.41, 5.74) is 6.47. The van der Waals surface area contributed by atoms with Crippen LogP contribution in [-0.2, 0) is 4.74 Å². The number of nitrogens with two attached hydrogens (primary N) is 1. The average Bonchev–Trinajstić information content (AvgIpc) is 2.82. The number of carbonyl (C=O) groups excluding carboxylic acids is 1. The van der Waals surface area contributed by atoms with Gasteiger partial charge in [0.05, 0.1) is 11.5 Å². The van der Waals surface area contributed by atoms with E-state index in [1.807, 2.05) is 31.2 Å². The SMILES string of the molecule is CCN(CCOC)C(=O)c1cc2cc(N)ccc2s1. The van der Waals surface area contributed by atoms with E-state index in [0.717, 1.165) is 20.7 Å². The van der Waals surface area contributed by atoms with E-state index in [1.54, 1.807) is 12.0 Å². The Labute approximate surface area is 116 Å². The first-order chi connectivity index (χ1) is 9.15. The molecule has 0 saturated carbocycles. The Balaban J connectivity index is 2.24. The molecule has 19 heavy (non-hydrogen) atoms. The lowest BCUT2D eigenvalue weighted by atomic mass is 10.2. The lowest BCUT2D eigenvalue weighted by Crippen LogP contribution is -2.33. The van der Waals surface area contributed by atoms with Crippen LogP contribution in [0.4, 0.5) is 5.69 Å². The Morgan fingerprint density at radius 2 is 2.21 bits per heavy atom. The predicted octanol–water partition coefficient (Wildman–Crippen LogP) is 2.59. The van der Waals surface area contributed by atoms with E-state index in [0.29, 0.717) is 19.7 Å². The fourth-order valence-corrected chi connectivity index (χ4v) is 2.94. The zero-order valence-corrected chi connectivity index (χ0v) is 12.0. The smallest absolute Gasteiger partial charge is 0.264 e. The number of rotatable bonds is 5. The molecule has 1 amide bonds. The van der Waals surface area contributed by atoms with Crippen LogP contribution in [0.25, 0.3) is 10.1 Å². The standard InChI is InChI=1S/C14H18N2O2S/c1-3-16(6-7-18-2)14(17)13-9-10-8-11(15)4-5-12(10)19-13/h4-5,8-9H,3,6-7,15H2,1-2H3. The zero-order valence-electron chi connectivity index (χ0n) is 11.2. The minimum atomic E-state index is 0.0549. The van der Waals surface area contributed by atoms with E-state index in [9.17, 15) is 4.79 Å². The highest BCUT2D eigenvalue weighted by molar-refractivity contribution is 7.20. The average molecular weight is 278 g/mol. The zero-order chi connectivity index (χ0) is 13.8. The van der Waals surface area contributed by atoms with Gasteiger partial charge in [0.1, 0.15) is 0 Å². The number of likely N-dealkylation sites (N-methyl/N-ethyl adjacent to an activating group) is 1. The van der Waals surface area contributed by atoms with E-state index in [4.69, 9.17) is 10.5 Å². The maximum Gasteiger partial charge on any atom is 0.264 e. The first-order valence-electron chi connectivity index (χ1n) is 6.23. The number of nitrogen functional groups attached to an aromatic ring is 1. The van der Waals surface area contributed by atoms with Gasteiger partial charge in [-0.3, -0.25) is 4.79 Å². The van der Waals surface area contributed by atoms with E-state index in [2.05, 4.69) is 0 Å². The third kappa shape index (κ3) is 3.05. The molecule has 2 aromatic rings. The number of methoxy groups -OCH3 is 1. The molecule has 0 spiro atoms. The molecule has 0 saturated heterocycles. The number of fused-ring (bicyclic) bond motifs is 1. The third-order valence-electron chi connectivity index (χ3n) is 2.99. The molecule has 5 heteroatoms. The van der Waals surface area contributed by atoms with Crippen LogP contribution in [-0.4, -0.2) is 37.6 Å². The Morgan fingerprint density at radius 1 is 1.42 bits per heavy atom. The van der Waals surface area contributed by atoms with E-state index < -0.39 is 0 Å². The van der Waals surface area contributed by atoms with Crippen LogP contribution in [0.15, 0.2) is 24.3 Å². The summed E-state index contributed by atoms with van der Waals surface area (Å²) >= 11 is 1.50. The van der Waals surface area contributed by atoms with Crippen LogP contribution >= 0.6 is 11.3 Å². The van der Waals surface area contributed by atoms with Crippen LogP contribution in [0, 0.1) is 0 Å². The Morgan fingerprint density at radius 3 is 2.89 bits per heavy atom. The summed E-state index contributed by atoms with van der Waals surface area (Å²) in [6.07, 6.45) is 0. The Bertz CT molecular complexity index is 580. The second kappa shape index (κ2) is 6.04. The molecule has 2 rings (SSSR count). The molecule has 0 aliphatic rings. The maximum atomic E-state index is 12.4. The summed E-state index contributed by atoms with van der Waals surface area (Å²) in [4.78, 5) is 14.9. The van der Waals surface area contributed by atoms with Crippen molar-refractivity contribution >= 4 is 33.0 Å². The van der Waals surface area contributed by atoms with Crippen LogP contribution < -0.4 is 5.73 Å². The van der Waals surface area contributed by atoms with Gasteiger partial charge in [-0.05, 0) is 36.6 Å². The van der Waals surface area contributed by atoms with E-state index in [1.165, 1.54) is 11.3 Å². The molecule has 102 valence electrons. The molecule has 4 nitrogen and oxygen atoms in total. The molecule has 0 unspecified atom stereocenters. The topological polar surface area (TPSA) is 55.6 Å². The molecule has 0 fully saturated rings. The second-order valence-corrected chi connectivity index (χ2v) is 5.37. The highest BCUT2D eigenvalue weighted by Gasteiger charge is 2.16. The normalized spacial score (nSPS) is 10.8. The maximum absolute atomic E-state index is 12.4. The summed E-state index contributed by atoms with van der Waals surface area (Å²) in [5, 5.41) is 1.02. The Hall–Kier alpha value is -1.59. The number of hydrogen-bond acceptors (Lipinski definition) is 4. The monoisotopic (exact) mass is 278 g/mol. The van der Waals surface area contributed by atoms with Crippen molar-refractivity contribution in [2.75, 3.05) is 32.5 Å². The van der Waals surface area contributed by atoms with Crippen molar-refractivity contribution in [2.24, 2.45) is 0 Å². The molecule has 1 aromatic carbocycles. The molecule has 0 bridgehead atoms. The van der Waals surface area contributed by atoms with Crippen LogP contribution in [0.2, 0.25) is 0 Å². The van der Waals surface area contributed by atoms with Gasteiger partial charge in [-0.25, -0.2) is 0 Å². The van der Waals surface area contributed by atoms with Gasteiger partial charge in [-0.2, -0.15) is 0 Å². The minimum absolute atomic E-state index is 0.0549. The molecule has 0 atom stereocenters. The van der Waals surface area contributed by atoms with Gasteiger partial charge >= 0.3 is 0 Å². The lowest BCUT2D eigenvalue weighted by Gasteiger charge is -2.19. The van der Waals surface area contributed by atoms with Crippen molar-refractivity contribution in [3.63, 3.8) is 0 Å². The summed E-state index contributed by atoms with van der Waals surface area (Å²) in [5.74, 6) is 0.0549. The fraction of sp³-hybridized carbons (Fsp3) is 0.357. The van der Waals surface area contributed by atoms with Crippen LogP contribution in [0.3, 0.4) is 0 Å². The first kappa shape index (κ1) is 13.8. The van der Waals surface area contributed by atoms with Crippen molar-refractivity contribution in [3.05, 3.63) is 29.1 Å². The predicted molar refractivity (Wildman–Crippen MR) is 79.7 cm³/mol. The van der Waals surface area contributed by atoms with Crippen LogP contribution in [0.1, 0.15) is 16.6 Å². The summed E-state index contributed by atoms with van der Waals surface area (Å²) < 4.78 is 6.11. The fourth-order valence-electron chi connectivity index (χ4n) is 1.93. The molecule has 1 aromatic heterocycles. The third-order valence-corrected chi connectivity index (χ3v) is 4.09. The van der Waals surface area contributed by atoms with Gasteiger partial charge in [0.15, 0.2) is 0 Å². The molecular formula is C14H18N2O2S. The number of carbonyl (C=O) groups is 1. The molecule has 0 aliphatic heterocycles. The van der Waals surface area contributed by atoms with Gasteiger partial charge in [0.25, 0.3) is 5.91 Å². The van der Waals surface area contributed by atoms with Gasteiger partial charge in [-0.15, -0.1) is 11.3 Å². The van der Waals surface area contributed by atoms with Gasteiger partial charge in [0, 0.05) is 30.6 Å². The highest BCUT2D eigenvalue weighted by Crippen LogP contribution is 2.28. The van der Waals surface area contributed by atoms with E-state index in [-0.39, 0.29) is 5.91 Å². The summed E-state index contributed by atoms with van der Waals surface area (Å²) in [6.45, 7) is 3.82. The van der Waals surface area contributed by atoms with Crippen molar-refractivity contribution in [3.8, 4) is 0 Å². The van der Waals surface area contributed by atoms with Crippen LogP contribution in [0.5, 0.6) is 0 Å². The number of amides is 1. The summed E-state index contributed by atoms with van der Waals surface area (Å²) in [6, 6.07) is 7.62. The lowest BCUT2D eigenvalue weighted by molar-refractivity contribution is 0.0711. The molecule has 2 N–H and O–H groups in total. The Kier molecular flexibility index (Phi) is 4.39. The number of nitrogens with zero attached hydrogens (tertiary/aromatic N) is 1. The van der Waals surface area contributed by atoms with Crippen molar-refractivity contribution in [1.29, 1.82) is 0 Å². The number of benzene rings is 1. The van der Waals surface area contributed by atoms with Gasteiger partial charge < -0.3 is 15.4 Å². The number of thiophene rings is 1. The first-order valence-corrected chi connectivity index (χ1v) is 7.04. The molecule has 1 heterocycles. The number of ether oxygens (including phenoxy) is 1. The molecule has 0 radical (unpaired) electrons. The minimum Gasteiger partial charge on any atom is -0.399 e. The largest absolute Gasteiger partial charge is 0.399 e. The van der Waals surface area contributed by atoms with E-state index >= 15 is 0 Å². The molecule has 0 aliphatic carbocycles. The van der Waals surface area contributed by atoms with Crippen molar-refractivity contribution in [1.82, 2.24) is 4.90 Å².